The minimum Gasteiger partial charge on any atom is -0.385 e. The summed E-state index contributed by atoms with van der Waals surface area (Å²) in [6.45, 7) is 1.14. The molecule has 0 aliphatic heterocycles. The molecule has 6 nitrogen and oxygen atoms in total. The molecule has 0 aromatic rings. The molecule has 0 bridgehead atoms. The van der Waals surface area contributed by atoms with Crippen LogP contribution in [0.25, 0.3) is 0 Å². The van der Waals surface area contributed by atoms with Crippen LogP contribution in [0.3, 0.4) is 0 Å². The summed E-state index contributed by atoms with van der Waals surface area (Å²) in [5.41, 5.74) is 0. The van der Waals surface area contributed by atoms with Gasteiger partial charge in [-0.05, 0) is 19.3 Å². The van der Waals surface area contributed by atoms with E-state index in [1.165, 1.54) is 10.6 Å². The van der Waals surface area contributed by atoms with Crippen LogP contribution in [0.2, 0.25) is 0 Å². The quantitative estimate of drug-likeness (QED) is 0.600. The maximum atomic E-state index is 11.5. The highest BCUT2D eigenvalue weighted by Crippen LogP contribution is 2.18. The van der Waals surface area contributed by atoms with Crippen molar-refractivity contribution in [2.24, 2.45) is 0 Å². The molecule has 0 aromatic carbocycles. The number of nitrogens with zero attached hydrogens (tertiary/aromatic N) is 1. The monoisotopic (exact) mass is 278 g/mol. The van der Waals surface area contributed by atoms with Crippen molar-refractivity contribution in [1.29, 1.82) is 0 Å². The summed E-state index contributed by atoms with van der Waals surface area (Å²) in [4.78, 5) is 11.5. The lowest BCUT2D eigenvalue weighted by Crippen LogP contribution is -2.36. The van der Waals surface area contributed by atoms with E-state index in [2.05, 4.69) is 5.32 Å². The Hall–Kier alpha value is -0.660. The first-order valence-electron chi connectivity index (χ1n) is 6.17. The Morgan fingerprint density at radius 3 is 2.56 bits per heavy atom. The van der Waals surface area contributed by atoms with E-state index in [9.17, 15) is 13.2 Å². The third-order valence-corrected chi connectivity index (χ3v) is 4.06. The lowest BCUT2D eigenvalue weighted by atomic mass is 10.3. The third kappa shape index (κ3) is 6.32. The number of amides is 1. The number of hydrogen-bond donors (Lipinski definition) is 1. The fourth-order valence-electron chi connectivity index (χ4n) is 1.58. The van der Waals surface area contributed by atoms with Crippen molar-refractivity contribution in [2.75, 3.05) is 33.1 Å². The highest BCUT2D eigenvalue weighted by Gasteiger charge is 2.24. The van der Waals surface area contributed by atoms with Gasteiger partial charge in [-0.3, -0.25) is 4.79 Å². The molecule has 0 radical (unpaired) electrons. The number of sulfonamides is 1. The van der Waals surface area contributed by atoms with E-state index in [1.807, 2.05) is 0 Å². The highest BCUT2D eigenvalue weighted by molar-refractivity contribution is 7.88. The van der Waals surface area contributed by atoms with Gasteiger partial charge in [0.05, 0.1) is 6.26 Å². The number of carbonyl (C=O) groups excluding carboxylic acids is 1. The molecule has 1 saturated carbocycles. The van der Waals surface area contributed by atoms with Gasteiger partial charge in [0.2, 0.25) is 15.9 Å². The van der Waals surface area contributed by atoms with Crippen molar-refractivity contribution in [2.45, 2.75) is 31.7 Å². The predicted octanol–water partition coefficient (Wildman–Crippen LogP) is -0.0468. The first kappa shape index (κ1) is 15.4. The van der Waals surface area contributed by atoms with Gasteiger partial charge >= 0.3 is 0 Å². The first-order chi connectivity index (χ1) is 8.43. The van der Waals surface area contributed by atoms with Crippen LogP contribution in [-0.4, -0.2) is 57.7 Å². The molecule has 1 amide bonds. The van der Waals surface area contributed by atoms with Crippen LogP contribution < -0.4 is 5.32 Å². The number of methoxy groups -OCH3 is 1. The van der Waals surface area contributed by atoms with E-state index in [0.717, 1.165) is 12.8 Å². The molecule has 7 heteroatoms. The zero-order valence-electron chi connectivity index (χ0n) is 11.0. The SMILES string of the molecule is COCCCN(CCC(=O)NC1CC1)S(C)(=O)=O. The number of ether oxygens (including phenoxy) is 1. The van der Waals surface area contributed by atoms with Crippen molar-refractivity contribution >= 4 is 15.9 Å². The third-order valence-electron chi connectivity index (χ3n) is 2.76. The van der Waals surface area contributed by atoms with Gasteiger partial charge in [-0.1, -0.05) is 0 Å². The molecule has 0 spiro atoms. The Kier molecular flexibility index (Phi) is 6.04. The normalized spacial score (nSPS) is 15.9. The van der Waals surface area contributed by atoms with Gasteiger partial charge in [-0.15, -0.1) is 0 Å². The maximum absolute atomic E-state index is 11.5. The van der Waals surface area contributed by atoms with Crippen LogP contribution in [-0.2, 0) is 19.6 Å². The van der Waals surface area contributed by atoms with Crippen LogP contribution in [0.4, 0.5) is 0 Å². The highest BCUT2D eigenvalue weighted by atomic mass is 32.2. The molecule has 0 unspecified atom stereocenters. The molecule has 1 rings (SSSR count). The molecule has 0 saturated heterocycles. The minimum atomic E-state index is -3.26. The average Bonchev–Trinajstić information content (AvgIpc) is 3.05. The fourth-order valence-corrected chi connectivity index (χ4v) is 2.47. The summed E-state index contributed by atoms with van der Waals surface area (Å²) in [5, 5.41) is 2.84. The van der Waals surface area contributed by atoms with Crippen LogP contribution in [0.15, 0.2) is 0 Å². The van der Waals surface area contributed by atoms with Crippen molar-refractivity contribution in [3.05, 3.63) is 0 Å². The molecule has 18 heavy (non-hydrogen) atoms. The minimum absolute atomic E-state index is 0.0714. The van der Waals surface area contributed by atoms with Gasteiger partial charge in [-0.25, -0.2) is 12.7 Å². The molecule has 0 atom stereocenters. The van der Waals surface area contributed by atoms with Crippen molar-refractivity contribution < 1.29 is 17.9 Å². The van der Waals surface area contributed by atoms with Gasteiger partial charge in [0, 0.05) is 39.3 Å². The second-order valence-electron chi connectivity index (χ2n) is 4.60. The summed E-state index contributed by atoms with van der Waals surface area (Å²) in [6, 6.07) is 0.317. The van der Waals surface area contributed by atoms with E-state index in [4.69, 9.17) is 4.74 Å². The van der Waals surface area contributed by atoms with E-state index >= 15 is 0 Å². The van der Waals surface area contributed by atoms with Gasteiger partial charge in [-0.2, -0.15) is 0 Å². The topological polar surface area (TPSA) is 75.7 Å². The average molecular weight is 278 g/mol. The molecular weight excluding hydrogens is 256 g/mol. The van der Waals surface area contributed by atoms with Crippen molar-refractivity contribution in [3.63, 3.8) is 0 Å². The van der Waals surface area contributed by atoms with Crippen LogP contribution >= 0.6 is 0 Å². The lowest BCUT2D eigenvalue weighted by molar-refractivity contribution is -0.121. The molecule has 1 fully saturated rings. The Morgan fingerprint density at radius 1 is 1.39 bits per heavy atom. The van der Waals surface area contributed by atoms with Gasteiger partial charge in [0.1, 0.15) is 0 Å². The number of hydrogen-bond acceptors (Lipinski definition) is 4. The van der Waals surface area contributed by atoms with Gasteiger partial charge in [0.25, 0.3) is 0 Å². The van der Waals surface area contributed by atoms with Crippen LogP contribution in [0.1, 0.15) is 25.7 Å². The zero-order chi connectivity index (χ0) is 13.6. The molecule has 0 heterocycles. The predicted molar refractivity (Wildman–Crippen MR) is 68.7 cm³/mol. The fraction of sp³-hybridized carbons (Fsp3) is 0.909. The van der Waals surface area contributed by atoms with E-state index in [0.29, 0.717) is 25.6 Å². The second kappa shape index (κ2) is 7.06. The lowest BCUT2D eigenvalue weighted by Gasteiger charge is -2.19. The standard InChI is InChI=1S/C11H22N2O4S/c1-17-9-3-7-13(18(2,15)16)8-6-11(14)12-10-4-5-10/h10H,3-9H2,1-2H3,(H,12,14). The largest absolute Gasteiger partial charge is 0.385 e. The van der Waals surface area contributed by atoms with Crippen LogP contribution in [0.5, 0.6) is 0 Å². The zero-order valence-corrected chi connectivity index (χ0v) is 11.8. The van der Waals surface area contributed by atoms with Gasteiger partial charge < -0.3 is 10.1 Å². The Morgan fingerprint density at radius 2 is 2.06 bits per heavy atom. The van der Waals surface area contributed by atoms with Crippen molar-refractivity contribution in [3.8, 4) is 0 Å². The van der Waals surface area contributed by atoms with Crippen molar-refractivity contribution in [1.82, 2.24) is 9.62 Å². The summed E-state index contributed by atoms with van der Waals surface area (Å²) in [7, 11) is -1.68. The molecule has 0 aromatic heterocycles. The Balaban J connectivity index is 2.32. The van der Waals surface area contributed by atoms with E-state index in [-0.39, 0.29) is 18.9 Å². The summed E-state index contributed by atoms with van der Waals surface area (Å²) >= 11 is 0. The molecule has 106 valence electrons. The van der Waals surface area contributed by atoms with E-state index in [1.54, 1.807) is 7.11 Å². The summed E-state index contributed by atoms with van der Waals surface area (Å²) in [5.74, 6) is -0.0714. The number of rotatable bonds is 9. The molecular formula is C11H22N2O4S. The summed E-state index contributed by atoms with van der Waals surface area (Å²) in [6.07, 6.45) is 4.09. The summed E-state index contributed by atoms with van der Waals surface area (Å²) < 4.78 is 29.3. The molecule has 1 aliphatic rings. The van der Waals surface area contributed by atoms with E-state index < -0.39 is 10.0 Å². The first-order valence-corrected chi connectivity index (χ1v) is 8.01. The Labute approximate surface area is 109 Å². The second-order valence-corrected chi connectivity index (χ2v) is 6.58. The maximum Gasteiger partial charge on any atom is 0.221 e. The smallest absolute Gasteiger partial charge is 0.221 e. The van der Waals surface area contributed by atoms with Crippen LogP contribution in [0, 0.1) is 0 Å². The molecule has 1 N–H and O–H groups in total. The Bertz CT molecular complexity index is 365. The molecule has 1 aliphatic carbocycles. The van der Waals surface area contributed by atoms with Gasteiger partial charge in [0.15, 0.2) is 0 Å². The number of nitrogens with one attached hydrogen (secondary N) is 1. The number of carbonyl (C=O) groups is 1.